The average Bonchev–Trinajstić information content (AvgIpc) is 2.77. The molecule has 0 bridgehead atoms. The number of nitrogens with zero attached hydrogens (tertiary/aromatic N) is 2. The lowest BCUT2D eigenvalue weighted by atomic mass is 10.3. The summed E-state index contributed by atoms with van der Waals surface area (Å²) in [5.41, 5.74) is 1.49. The first kappa shape index (κ1) is 14.4. The van der Waals surface area contributed by atoms with Crippen LogP contribution in [0.3, 0.4) is 0 Å². The molecule has 0 saturated carbocycles. The van der Waals surface area contributed by atoms with Crippen molar-refractivity contribution < 1.29 is 4.79 Å². The van der Waals surface area contributed by atoms with E-state index in [0.29, 0.717) is 9.36 Å². The summed E-state index contributed by atoms with van der Waals surface area (Å²) in [6.45, 7) is 0. The van der Waals surface area contributed by atoms with Gasteiger partial charge in [0.1, 0.15) is 0 Å². The summed E-state index contributed by atoms with van der Waals surface area (Å²) in [7, 11) is 0. The number of thiocarbonyl (C=S) groups is 1. The van der Waals surface area contributed by atoms with Crippen LogP contribution in [0.4, 0.5) is 11.4 Å². The van der Waals surface area contributed by atoms with E-state index in [4.69, 9.17) is 12.2 Å². The van der Waals surface area contributed by atoms with Gasteiger partial charge in [0.2, 0.25) is 0 Å². The maximum Gasteiger partial charge on any atom is 0.289 e. The van der Waals surface area contributed by atoms with E-state index in [1.165, 1.54) is 16.7 Å². The number of hydrogen-bond acceptors (Lipinski definition) is 4. The molecule has 0 N–H and O–H groups in total. The van der Waals surface area contributed by atoms with Gasteiger partial charge in [0, 0.05) is 4.47 Å². The Morgan fingerprint density at radius 1 is 1.05 bits per heavy atom. The van der Waals surface area contributed by atoms with Crippen molar-refractivity contribution in [1.82, 2.24) is 0 Å². The lowest BCUT2D eigenvalue weighted by molar-refractivity contribution is -0.111. The Bertz CT molecular complexity index is 729. The van der Waals surface area contributed by atoms with Crippen molar-refractivity contribution in [2.24, 2.45) is 4.99 Å². The number of benzene rings is 2. The fourth-order valence-electron chi connectivity index (χ4n) is 1.85. The van der Waals surface area contributed by atoms with E-state index in [-0.39, 0.29) is 5.91 Å². The Labute approximate surface area is 140 Å². The molecule has 1 heterocycles. The molecule has 3 rings (SSSR count). The zero-order chi connectivity index (χ0) is 14.8. The van der Waals surface area contributed by atoms with Gasteiger partial charge in [-0.2, -0.15) is 0 Å². The highest BCUT2D eigenvalue weighted by molar-refractivity contribution is 9.10. The molecule has 1 saturated heterocycles. The number of carbonyl (C=O) groups is 1. The third kappa shape index (κ3) is 3.07. The lowest BCUT2D eigenvalue weighted by Crippen LogP contribution is -2.29. The van der Waals surface area contributed by atoms with E-state index >= 15 is 0 Å². The summed E-state index contributed by atoms with van der Waals surface area (Å²) >= 11 is 9.89. The van der Waals surface area contributed by atoms with Gasteiger partial charge in [0.05, 0.1) is 11.4 Å². The third-order valence-electron chi connectivity index (χ3n) is 2.82. The summed E-state index contributed by atoms with van der Waals surface area (Å²) in [5.74, 6) is -0.181. The molecule has 6 heteroatoms. The normalized spacial score (nSPS) is 16.8. The maximum absolute atomic E-state index is 12.5. The summed E-state index contributed by atoms with van der Waals surface area (Å²) in [5, 5.41) is 0.395. The van der Waals surface area contributed by atoms with Crippen LogP contribution < -0.4 is 4.90 Å². The molecular formula is C15H9BrN2OS2. The SMILES string of the molecule is O=C1C(=Nc2ccc(Br)cc2)SC(=S)N1c1ccccc1. The first-order valence-electron chi connectivity index (χ1n) is 6.11. The zero-order valence-corrected chi connectivity index (χ0v) is 13.9. The molecule has 21 heavy (non-hydrogen) atoms. The Kier molecular flexibility index (Phi) is 4.19. The largest absolute Gasteiger partial charge is 0.289 e. The molecule has 0 spiro atoms. The minimum atomic E-state index is -0.181. The second-order valence-corrected chi connectivity index (χ2v) is 6.78. The molecule has 0 aromatic heterocycles. The van der Waals surface area contributed by atoms with Crippen molar-refractivity contribution in [2.45, 2.75) is 0 Å². The molecule has 2 aromatic rings. The molecule has 0 atom stereocenters. The molecule has 1 amide bonds. The van der Waals surface area contributed by atoms with Crippen LogP contribution in [0.15, 0.2) is 64.1 Å². The summed E-state index contributed by atoms with van der Waals surface area (Å²) < 4.78 is 1.47. The van der Waals surface area contributed by atoms with Gasteiger partial charge >= 0.3 is 0 Å². The molecule has 2 aromatic carbocycles. The number of amides is 1. The van der Waals surface area contributed by atoms with Crippen molar-refractivity contribution in [3.8, 4) is 0 Å². The van der Waals surface area contributed by atoms with E-state index < -0.39 is 0 Å². The Hall–Kier alpha value is -1.50. The fourth-order valence-corrected chi connectivity index (χ4v) is 3.32. The van der Waals surface area contributed by atoms with Crippen LogP contribution >= 0.6 is 39.9 Å². The standard InChI is InChI=1S/C15H9BrN2OS2/c16-10-6-8-11(9-7-10)17-13-14(19)18(15(20)21-13)12-4-2-1-3-5-12/h1-9H. The molecule has 3 nitrogen and oxygen atoms in total. The summed E-state index contributed by atoms with van der Waals surface area (Å²) in [6.07, 6.45) is 0. The number of carbonyl (C=O) groups excluding carboxylic acids is 1. The van der Waals surface area contributed by atoms with Crippen molar-refractivity contribution >= 4 is 66.6 Å². The lowest BCUT2D eigenvalue weighted by Gasteiger charge is -2.13. The van der Waals surface area contributed by atoms with Crippen LogP contribution in [0.2, 0.25) is 0 Å². The van der Waals surface area contributed by atoms with Crippen LogP contribution in [0, 0.1) is 0 Å². The van der Waals surface area contributed by atoms with Gasteiger partial charge in [-0.3, -0.25) is 9.69 Å². The first-order chi connectivity index (χ1) is 10.1. The van der Waals surface area contributed by atoms with Gasteiger partial charge in [-0.15, -0.1) is 0 Å². The number of rotatable bonds is 2. The molecule has 0 radical (unpaired) electrons. The van der Waals surface area contributed by atoms with Gasteiger partial charge < -0.3 is 0 Å². The number of hydrogen-bond donors (Lipinski definition) is 0. The highest BCUT2D eigenvalue weighted by Gasteiger charge is 2.34. The van der Waals surface area contributed by atoms with Crippen LogP contribution in [-0.2, 0) is 4.79 Å². The average molecular weight is 377 g/mol. The minimum absolute atomic E-state index is 0.181. The minimum Gasteiger partial charge on any atom is -0.266 e. The van der Waals surface area contributed by atoms with E-state index in [0.717, 1.165) is 15.8 Å². The number of para-hydroxylation sites is 1. The van der Waals surface area contributed by atoms with Crippen molar-refractivity contribution in [2.75, 3.05) is 4.90 Å². The maximum atomic E-state index is 12.5. The van der Waals surface area contributed by atoms with Gasteiger partial charge in [-0.25, -0.2) is 4.99 Å². The quantitative estimate of drug-likeness (QED) is 0.721. The summed E-state index contributed by atoms with van der Waals surface area (Å²) in [4.78, 5) is 18.4. The highest BCUT2D eigenvalue weighted by atomic mass is 79.9. The molecular weight excluding hydrogens is 368 g/mol. The predicted molar refractivity (Wildman–Crippen MR) is 95.4 cm³/mol. The first-order valence-corrected chi connectivity index (χ1v) is 8.12. The van der Waals surface area contributed by atoms with Gasteiger partial charge in [-0.05, 0) is 48.2 Å². The molecule has 1 fully saturated rings. The van der Waals surface area contributed by atoms with E-state index in [9.17, 15) is 4.79 Å². The molecule has 104 valence electrons. The van der Waals surface area contributed by atoms with Crippen molar-refractivity contribution in [1.29, 1.82) is 0 Å². The van der Waals surface area contributed by atoms with Gasteiger partial charge in [0.25, 0.3) is 5.91 Å². The van der Waals surface area contributed by atoms with Crippen LogP contribution in [0.5, 0.6) is 0 Å². The molecule has 1 aliphatic rings. The van der Waals surface area contributed by atoms with Crippen LogP contribution in [-0.4, -0.2) is 15.3 Å². The van der Waals surface area contributed by atoms with Crippen LogP contribution in [0.25, 0.3) is 0 Å². The van der Waals surface area contributed by atoms with Gasteiger partial charge in [0.15, 0.2) is 9.36 Å². The Morgan fingerprint density at radius 2 is 1.71 bits per heavy atom. The third-order valence-corrected chi connectivity index (χ3v) is 4.60. The zero-order valence-electron chi connectivity index (χ0n) is 10.7. The number of anilines is 1. The predicted octanol–water partition coefficient (Wildman–Crippen LogP) is 4.54. The van der Waals surface area contributed by atoms with E-state index in [1.54, 1.807) is 0 Å². The number of halogens is 1. The topological polar surface area (TPSA) is 32.7 Å². The second kappa shape index (κ2) is 6.09. The second-order valence-electron chi connectivity index (χ2n) is 4.24. The van der Waals surface area contributed by atoms with E-state index in [2.05, 4.69) is 20.9 Å². The van der Waals surface area contributed by atoms with Crippen LogP contribution in [0.1, 0.15) is 0 Å². The molecule has 1 aliphatic heterocycles. The Balaban J connectivity index is 1.92. The van der Waals surface area contributed by atoms with Crippen molar-refractivity contribution in [3.63, 3.8) is 0 Å². The van der Waals surface area contributed by atoms with Crippen molar-refractivity contribution in [3.05, 3.63) is 59.1 Å². The number of aliphatic imine (C=N–C) groups is 1. The molecule has 0 unspecified atom stereocenters. The Morgan fingerprint density at radius 3 is 2.38 bits per heavy atom. The summed E-state index contributed by atoms with van der Waals surface area (Å²) in [6, 6.07) is 16.8. The number of thioether (sulfide) groups is 1. The highest BCUT2D eigenvalue weighted by Crippen LogP contribution is 2.30. The van der Waals surface area contributed by atoms with E-state index in [1.807, 2.05) is 54.6 Å². The van der Waals surface area contributed by atoms with Gasteiger partial charge in [-0.1, -0.05) is 46.3 Å². The monoisotopic (exact) mass is 376 g/mol. The smallest absolute Gasteiger partial charge is 0.266 e. The fraction of sp³-hybridized carbons (Fsp3) is 0. The molecule has 0 aliphatic carbocycles.